The summed E-state index contributed by atoms with van der Waals surface area (Å²) in [7, 11) is 0. The van der Waals surface area contributed by atoms with E-state index in [9.17, 15) is 14.9 Å². The zero-order valence-corrected chi connectivity index (χ0v) is 15.9. The highest BCUT2D eigenvalue weighted by atomic mass is 35.5. The van der Waals surface area contributed by atoms with Crippen LogP contribution in [0.1, 0.15) is 18.9 Å². The number of carbonyl (C=O) groups excluding carboxylic acids is 1. The predicted molar refractivity (Wildman–Crippen MR) is 108 cm³/mol. The third kappa shape index (κ3) is 5.31. The molecule has 27 heavy (non-hydrogen) atoms. The number of amides is 1. The van der Waals surface area contributed by atoms with Crippen LogP contribution in [-0.4, -0.2) is 23.4 Å². The van der Waals surface area contributed by atoms with Crippen molar-refractivity contribution in [3.8, 4) is 0 Å². The minimum absolute atomic E-state index is 0.0386. The maximum absolute atomic E-state index is 12.8. The molecule has 1 N–H and O–H groups in total. The molecule has 0 radical (unpaired) electrons. The fourth-order valence-electron chi connectivity index (χ4n) is 2.85. The van der Waals surface area contributed by atoms with Crippen LogP contribution in [0, 0.1) is 10.1 Å². The van der Waals surface area contributed by atoms with Gasteiger partial charge in [0.2, 0.25) is 5.91 Å². The van der Waals surface area contributed by atoms with Gasteiger partial charge in [-0.3, -0.25) is 14.9 Å². The van der Waals surface area contributed by atoms with Crippen LogP contribution in [0.2, 0.25) is 5.02 Å². The molecular weight excluding hydrogens is 366 g/mol. The zero-order chi connectivity index (χ0) is 19.8. The van der Waals surface area contributed by atoms with Gasteiger partial charge in [-0.05, 0) is 30.2 Å². The van der Waals surface area contributed by atoms with Gasteiger partial charge in [0.05, 0.1) is 4.92 Å². The first-order valence-electron chi connectivity index (χ1n) is 8.61. The Morgan fingerprint density at radius 3 is 2.56 bits per heavy atom. The van der Waals surface area contributed by atoms with Gasteiger partial charge in [-0.15, -0.1) is 6.58 Å². The second-order valence-electron chi connectivity index (χ2n) is 5.96. The lowest BCUT2D eigenvalue weighted by Crippen LogP contribution is -2.47. The highest BCUT2D eigenvalue weighted by Gasteiger charge is 2.28. The Balaban J connectivity index is 2.22. The molecule has 0 heterocycles. The molecule has 2 rings (SSSR count). The molecule has 6 nitrogen and oxygen atoms in total. The Kier molecular flexibility index (Phi) is 7.37. The molecule has 1 amide bonds. The summed E-state index contributed by atoms with van der Waals surface area (Å²) in [6.45, 7) is 6.26. The molecule has 7 heteroatoms. The summed E-state index contributed by atoms with van der Waals surface area (Å²) in [6.07, 6.45) is 2.12. The molecular formula is C20H22ClN3O3. The molecule has 0 aliphatic rings. The number of carbonyl (C=O) groups is 1. The third-order valence-electron chi connectivity index (χ3n) is 4.16. The van der Waals surface area contributed by atoms with Gasteiger partial charge >= 0.3 is 0 Å². The number of hydrogen-bond donors (Lipinski definition) is 1. The van der Waals surface area contributed by atoms with Crippen molar-refractivity contribution >= 4 is 28.9 Å². The van der Waals surface area contributed by atoms with Crippen LogP contribution in [-0.2, 0) is 11.3 Å². The summed E-state index contributed by atoms with van der Waals surface area (Å²) in [5.74, 6) is -0.201. The number of nitrogens with zero attached hydrogens (tertiary/aromatic N) is 2. The van der Waals surface area contributed by atoms with E-state index in [1.54, 1.807) is 41.3 Å². The van der Waals surface area contributed by atoms with Crippen molar-refractivity contribution in [2.24, 2.45) is 0 Å². The first-order chi connectivity index (χ1) is 13.0. The highest BCUT2D eigenvalue weighted by molar-refractivity contribution is 6.30. The fourth-order valence-corrected chi connectivity index (χ4v) is 2.98. The van der Waals surface area contributed by atoms with E-state index in [1.807, 2.05) is 19.1 Å². The van der Waals surface area contributed by atoms with Crippen LogP contribution in [0.3, 0.4) is 0 Å². The molecule has 0 aromatic heterocycles. The SMILES string of the molecule is C=CCN(c1ccccc1[N+](=O)[O-])C(CC)C(=O)NCc1ccc(Cl)cc1. The van der Waals surface area contributed by atoms with Crippen LogP contribution < -0.4 is 10.2 Å². The normalized spacial score (nSPS) is 11.5. The number of nitrogens with one attached hydrogen (secondary N) is 1. The van der Waals surface area contributed by atoms with Gasteiger partial charge in [-0.1, -0.05) is 48.9 Å². The molecule has 0 aliphatic carbocycles. The lowest BCUT2D eigenvalue weighted by molar-refractivity contribution is -0.384. The number of para-hydroxylation sites is 2. The molecule has 0 aliphatic heterocycles. The van der Waals surface area contributed by atoms with Gasteiger partial charge in [0.25, 0.3) is 5.69 Å². The molecule has 2 aromatic carbocycles. The van der Waals surface area contributed by atoms with Crippen LogP contribution in [0.4, 0.5) is 11.4 Å². The Morgan fingerprint density at radius 1 is 1.30 bits per heavy atom. The van der Waals surface area contributed by atoms with Crippen molar-refractivity contribution < 1.29 is 9.72 Å². The summed E-state index contributed by atoms with van der Waals surface area (Å²) in [5.41, 5.74) is 1.28. The molecule has 2 aromatic rings. The number of anilines is 1. The molecule has 0 bridgehead atoms. The number of benzene rings is 2. The predicted octanol–water partition coefficient (Wildman–Crippen LogP) is 4.34. The Labute approximate surface area is 163 Å². The van der Waals surface area contributed by atoms with Crippen LogP contribution in [0.25, 0.3) is 0 Å². The number of nitro groups is 1. The van der Waals surface area contributed by atoms with Gasteiger partial charge in [0.1, 0.15) is 11.7 Å². The van der Waals surface area contributed by atoms with E-state index in [0.717, 1.165) is 5.56 Å². The van der Waals surface area contributed by atoms with Crippen molar-refractivity contribution in [3.63, 3.8) is 0 Å². The number of nitro benzene ring substituents is 1. The summed E-state index contributed by atoms with van der Waals surface area (Å²) < 4.78 is 0. The third-order valence-corrected chi connectivity index (χ3v) is 4.41. The first kappa shape index (κ1) is 20.5. The monoisotopic (exact) mass is 387 g/mol. The fraction of sp³-hybridized carbons (Fsp3) is 0.250. The average molecular weight is 388 g/mol. The van der Waals surface area contributed by atoms with Gasteiger partial charge in [0.15, 0.2) is 0 Å². The maximum atomic E-state index is 12.8. The van der Waals surface area contributed by atoms with Crippen molar-refractivity contribution in [3.05, 3.63) is 81.9 Å². The first-order valence-corrected chi connectivity index (χ1v) is 8.98. The highest BCUT2D eigenvalue weighted by Crippen LogP contribution is 2.30. The Morgan fingerprint density at radius 2 is 1.96 bits per heavy atom. The lowest BCUT2D eigenvalue weighted by atomic mass is 10.1. The molecule has 0 spiro atoms. The van der Waals surface area contributed by atoms with Gasteiger partial charge in [-0.25, -0.2) is 0 Å². The summed E-state index contributed by atoms with van der Waals surface area (Å²) >= 11 is 5.87. The maximum Gasteiger partial charge on any atom is 0.292 e. The topological polar surface area (TPSA) is 75.5 Å². The molecule has 0 fully saturated rings. The van der Waals surface area contributed by atoms with Crippen molar-refractivity contribution in [2.75, 3.05) is 11.4 Å². The number of rotatable bonds is 9. The molecule has 1 unspecified atom stereocenters. The van der Waals surface area contributed by atoms with Gasteiger partial charge in [0, 0.05) is 24.2 Å². The standard InChI is InChI=1S/C20H22ClN3O3/c1-3-13-23(18-7-5-6-8-19(18)24(26)27)17(4-2)20(25)22-14-15-9-11-16(21)12-10-15/h3,5-12,17H,1,4,13-14H2,2H3,(H,22,25). The van der Waals surface area contributed by atoms with E-state index in [1.165, 1.54) is 6.07 Å². The summed E-state index contributed by atoms with van der Waals surface area (Å²) in [4.78, 5) is 25.5. The van der Waals surface area contributed by atoms with E-state index in [2.05, 4.69) is 11.9 Å². The molecule has 1 atom stereocenters. The molecule has 0 saturated carbocycles. The minimum atomic E-state index is -0.559. The summed E-state index contributed by atoms with van der Waals surface area (Å²) in [5, 5.41) is 14.9. The van der Waals surface area contributed by atoms with E-state index in [0.29, 0.717) is 30.2 Å². The van der Waals surface area contributed by atoms with E-state index < -0.39 is 11.0 Å². The largest absolute Gasteiger partial charge is 0.350 e. The Bertz CT molecular complexity index is 808. The van der Waals surface area contributed by atoms with Crippen LogP contribution in [0.15, 0.2) is 61.2 Å². The van der Waals surface area contributed by atoms with Crippen LogP contribution >= 0.6 is 11.6 Å². The Hall–Kier alpha value is -2.86. The van der Waals surface area contributed by atoms with Crippen molar-refractivity contribution in [1.82, 2.24) is 5.32 Å². The number of hydrogen-bond acceptors (Lipinski definition) is 4. The molecule has 142 valence electrons. The van der Waals surface area contributed by atoms with Crippen molar-refractivity contribution in [1.29, 1.82) is 0 Å². The quantitative estimate of drug-likeness (QED) is 0.394. The zero-order valence-electron chi connectivity index (χ0n) is 15.1. The van der Waals surface area contributed by atoms with Crippen molar-refractivity contribution in [2.45, 2.75) is 25.9 Å². The van der Waals surface area contributed by atoms with E-state index >= 15 is 0 Å². The van der Waals surface area contributed by atoms with E-state index in [4.69, 9.17) is 11.6 Å². The number of halogens is 1. The smallest absolute Gasteiger partial charge is 0.292 e. The second-order valence-corrected chi connectivity index (χ2v) is 6.39. The van der Waals surface area contributed by atoms with E-state index in [-0.39, 0.29) is 11.6 Å². The average Bonchev–Trinajstić information content (AvgIpc) is 2.67. The lowest BCUT2D eigenvalue weighted by Gasteiger charge is -2.31. The summed E-state index contributed by atoms with van der Waals surface area (Å²) in [6, 6.07) is 13.1. The minimum Gasteiger partial charge on any atom is -0.350 e. The van der Waals surface area contributed by atoms with Crippen LogP contribution in [0.5, 0.6) is 0 Å². The molecule has 0 saturated heterocycles. The van der Waals surface area contributed by atoms with Gasteiger partial charge in [-0.2, -0.15) is 0 Å². The second kappa shape index (κ2) is 9.73. The van der Waals surface area contributed by atoms with Gasteiger partial charge < -0.3 is 10.2 Å².